The maximum Gasteiger partial charge on any atom is 0.253 e. The lowest BCUT2D eigenvalue weighted by atomic mass is 10.1. The van der Waals surface area contributed by atoms with Crippen molar-refractivity contribution >= 4 is 33.2 Å². The monoisotopic (exact) mass is 493 g/mol. The Bertz CT molecular complexity index is 1280. The highest BCUT2D eigenvalue weighted by Gasteiger charge is 2.32. The number of para-hydroxylation sites is 1. The first-order valence-corrected chi connectivity index (χ1v) is 13.3. The Morgan fingerprint density at radius 1 is 0.914 bits per heavy atom. The molecule has 0 heterocycles. The van der Waals surface area contributed by atoms with Gasteiger partial charge in [-0.15, -0.1) is 0 Å². The highest BCUT2D eigenvalue weighted by atomic mass is 32.2. The Hall–Kier alpha value is -3.65. The van der Waals surface area contributed by atoms with Crippen LogP contribution in [0.5, 0.6) is 0 Å². The fourth-order valence-electron chi connectivity index (χ4n) is 3.86. The molecule has 0 aliphatic heterocycles. The summed E-state index contributed by atoms with van der Waals surface area (Å²) in [6.45, 7) is 5.53. The van der Waals surface area contributed by atoms with Crippen LogP contribution in [-0.2, 0) is 14.8 Å². The van der Waals surface area contributed by atoms with Crippen molar-refractivity contribution in [3.8, 4) is 0 Å². The van der Waals surface area contributed by atoms with Gasteiger partial charge in [-0.25, -0.2) is 8.42 Å². The van der Waals surface area contributed by atoms with Gasteiger partial charge in [0.05, 0.1) is 29.2 Å². The first-order valence-electron chi connectivity index (χ1n) is 11.4. The quantitative estimate of drug-likeness (QED) is 0.453. The fraction of sp³-hybridized carbons (Fsp3) is 0.259. The number of rotatable bonds is 9. The minimum Gasteiger partial charge on any atom is -0.345 e. The molecule has 8 heteroatoms. The number of hydrogen-bond acceptors (Lipinski definition) is 4. The van der Waals surface area contributed by atoms with Gasteiger partial charge < -0.3 is 10.6 Å². The van der Waals surface area contributed by atoms with Crippen LogP contribution in [0.2, 0.25) is 0 Å². The molecule has 7 nitrogen and oxygen atoms in total. The van der Waals surface area contributed by atoms with Gasteiger partial charge in [0.25, 0.3) is 5.91 Å². The molecule has 3 rings (SSSR count). The number of sulfonamides is 1. The van der Waals surface area contributed by atoms with E-state index in [0.717, 1.165) is 21.7 Å². The summed E-state index contributed by atoms with van der Waals surface area (Å²) in [5.74, 6) is -0.862. The smallest absolute Gasteiger partial charge is 0.253 e. The zero-order valence-electron chi connectivity index (χ0n) is 20.4. The first-order chi connectivity index (χ1) is 16.6. The predicted octanol–water partition coefficient (Wildman–Crippen LogP) is 4.67. The molecule has 0 saturated heterocycles. The minimum absolute atomic E-state index is 0.238. The average Bonchev–Trinajstić information content (AvgIpc) is 2.83. The van der Waals surface area contributed by atoms with Crippen molar-refractivity contribution in [1.29, 1.82) is 0 Å². The summed E-state index contributed by atoms with van der Waals surface area (Å²) in [6.07, 6.45) is 1.32. The van der Waals surface area contributed by atoms with Crippen LogP contribution in [0.15, 0.2) is 78.9 Å². The van der Waals surface area contributed by atoms with Crippen molar-refractivity contribution in [2.45, 2.75) is 39.3 Å². The average molecular weight is 494 g/mol. The second-order valence-corrected chi connectivity index (χ2v) is 10.3. The Kier molecular flexibility index (Phi) is 8.30. The maximum absolute atomic E-state index is 13.3. The van der Waals surface area contributed by atoms with Crippen LogP contribution in [0.25, 0.3) is 0 Å². The number of aryl methyl sites for hydroxylation is 1. The Morgan fingerprint density at radius 3 is 2.11 bits per heavy atom. The lowest BCUT2D eigenvalue weighted by molar-refractivity contribution is -0.117. The van der Waals surface area contributed by atoms with E-state index in [1.807, 2.05) is 44.2 Å². The molecule has 2 atom stereocenters. The Balaban J connectivity index is 1.85. The van der Waals surface area contributed by atoms with E-state index in [2.05, 4.69) is 10.6 Å². The molecule has 0 fully saturated rings. The minimum atomic E-state index is -3.76. The topological polar surface area (TPSA) is 95.6 Å². The number of amides is 2. The highest BCUT2D eigenvalue weighted by molar-refractivity contribution is 7.92. The number of nitrogens with zero attached hydrogens (tertiary/aromatic N) is 1. The summed E-state index contributed by atoms with van der Waals surface area (Å²) < 4.78 is 26.5. The molecule has 2 N–H and O–H groups in total. The third-order valence-electron chi connectivity index (χ3n) is 5.69. The van der Waals surface area contributed by atoms with E-state index in [4.69, 9.17) is 0 Å². The standard InChI is InChI=1S/C27H31N3O4S/c1-5-25(30(35(4,33)34)22-17-15-19(2)16-18-22)27(32)29-24-14-10-9-13-23(24)26(31)28-20(3)21-11-7-6-8-12-21/h6-18,20,25H,5H2,1-4H3,(H,28,31)(H,29,32)/t20-,25-/m0/s1. The number of hydrogen-bond donors (Lipinski definition) is 2. The van der Waals surface area contributed by atoms with Gasteiger partial charge in [-0.3, -0.25) is 13.9 Å². The van der Waals surface area contributed by atoms with Gasteiger partial charge in [0, 0.05) is 0 Å². The number of anilines is 2. The van der Waals surface area contributed by atoms with Crippen LogP contribution in [0, 0.1) is 6.92 Å². The molecule has 0 bridgehead atoms. The summed E-state index contributed by atoms with van der Waals surface area (Å²) in [7, 11) is -3.76. The van der Waals surface area contributed by atoms with E-state index in [-0.39, 0.29) is 18.4 Å². The molecule has 3 aromatic rings. The van der Waals surface area contributed by atoms with E-state index in [9.17, 15) is 18.0 Å². The maximum atomic E-state index is 13.3. The molecule has 0 unspecified atom stereocenters. The number of nitrogens with one attached hydrogen (secondary N) is 2. The van der Waals surface area contributed by atoms with Gasteiger partial charge in [-0.2, -0.15) is 0 Å². The Labute approximate surface area is 207 Å². The lowest BCUT2D eigenvalue weighted by Crippen LogP contribution is -2.47. The van der Waals surface area contributed by atoms with Crippen LogP contribution in [0.1, 0.15) is 47.8 Å². The van der Waals surface area contributed by atoms with Gasteiger partial charge in [0.2, 0.25) is 15.9 Å². The summed E-state index contributed by atoms with van der Waals surface area (Å²) in [6, 6.07) is 22.0. The van der Waals surface area contributed by atoms with E-state index < -0.39 is 22.0 Å². The van der Waals surface area contributed by atoms with Crippen LogP contribution >= 0.6 is 0 Å². The molecule has 0 radical (unpaired) electrons. The van der Waals surface area contributed by atoms with Gasteiger partial charge in [-0.05, 0) is 50.1 Å². The van der Waals surface area contributed by atoms with E-state index in [0.29, 0.717) is 16.9 Å². The summed E-state index contributed by atoms with van der Waals surface area (Å²) >= 11 is 0. The van der Waals surface area contributed by atoms with Gasteiger partial charge in [0.1, 0.15) is 6.04 Å². The largest absolute Gasteiger partial charge is 0.345 e. The number of carbonyl (C=O) groups is 2. The second-order valence-electron chi connectivity index (χ2n) is 8.46. The molecule has 2 amide bonds. The number of benzene rings is 3. The molecule has 0 aromatic heterocycles. The van der Waals surface area contributed by atoms with Crippen molar-refractivity contribution in [3.05, 3.63) is 95.6 Å². The lowest BCUT2D eigenvalue weighted by Gasteiger charge is -2.30. The Morgan fingerprint density at radius 2 is 1.51 bits per heavy atom. The third-order valence-corrected chi connectivity index (χ3v) is 6.87. The van der Waals surface area contributed by atoms with Crippen molar-refractivity contribution in [3.63, 3.8) is 0 Å². The highest BCUT2D eigenvalue weighted by Crippen LogP contribution is 2.25. The van der Waals surface area contributed by atoms with Crippen molar-refractivity contribution in [1.82, 2.24) is 5.32 Å². The second kappa shape index (κ2) is 11.2. The van der Waals surface area contributed by atoms with Crippen molar-refractivity contribution in [2.24, 2.45) is 0 Å². The molecule has 35 heavy (non-hydrogen) atoms. The van der Waals surface area contributed by atoms with Crippen LogP contribution in [0.3, 0.4) is 0 Å². The molecule has 0 aliphatic rings. The van der Waals surface area contributed by atoms with Crippen LogP contribution in [0.4, 0.5) is 11.4 Å². The van der Waals surface area contributed by atoms with Crippen molar-refractivity contribution < 1.29 is 18.0 Å². The van der Waals surface area contributed by atoms with Crippen LogP contribution < -0.4 is 14.9 Å². The summed E-state index contributed by atoms with van der Waals surface area (Å²) in [5, 5.41) is 5.73. The number of carbonyl (C=O) groups excluding carboxylic acids is 2. The molecular weight excluding hydrogens is 462 g/mol. The predicted molar refractivity (Wildman–Crippen MR) is 140 cm³/mol. The molecule has 3 aromatic carbocycles. The molecule has 184 valence electrons. The molecule has 0 aliphatic carbocycles. The molecule has 0 spiro atoms. The normalized spacial score (nSPS) is 12.9. The zero-order chi connectivity index (χ0) is 25.6. The molecular formula is C27H31N3O4S. The van der Waals surface area contributed by atoms with Crippen LogP contribution in [-0.4, -0.2) is 32.5 Å². The van der Waals surface area contributed by atoms with Gasteiger partial charge in [-0.1, -0.05) is 67.1 Å². The SMILES string of the molecule is CC[C@@H](C(=O)Nc1ccccc1C(=O)N[C@@H](C)c1ccccc1)N(c1ccc(C)cc1)S(C)(=O)=O. The third kappa shape index (κ3) is 6.48. The fourth-order valence-corrected chi connectivity index (χ4v) is 5.07. The van der Waals surface area contributed by atoms with Gasteiger partial charge >= 0.3 is 0 Å². The summed E-state index contributed by atoms with van der Waals surface area (Å²) in [4.78, 5) is 26.4. The first kappa shape index (κ1) is 26.0. The zero-order valence-corrected chi connectivity index (χ0v) is 21.2. The van der Waals surface area contributed by atoms with E-state index >= 15 is 0 Å². The van der Waals surface area contributed by atoms with Crippen molar-refractivity contribution in [2.75, 3.05) is 15.9 Å². The van der Waals surface area contributed by atoms with E-state index in [1.165, 1.54) is 0 Å². The molecule has 0 saturated carbocycles. The summed E-state index contributed by atoms with van der Waals surface area (Å²) in [5.41, 5.74) is 2.94. The van der Waals surface area contributed by atoms with Gasteiger partial charge in [0.15, 0.2) is 0 Å². The van der Waals surface area contributed by atoms with E-state index in [1.54, 1.807) is 55.5 Å².